The van der Waals surface area contributed by atoms with Gasteiger partial charge in [0.1, 0.15) is 5.88 Å². The van der Waals surface area contributed by atoms with E-state index in [9.17, 15) is 4.79 Å². The average Bonchev–Trinajstić information content (AvgIpc) is 1.91. The molecule has 0 unspecified atom stereocenters. The summed E-state index contributed by atoms with van der Waals surface area (Å²) in [5, 5.41) is 7.00. The lowest BCUT2D eigenvalue weighted by atomic mass is 10.5. The van der Waals surface area contributed by atoms with Gasteiger partial charge in [-0.2, -0.15) is 0 Å². The first-order chi connectivity index (χ1) is 4.66. The SMILES string of the molecule is CC(C)OC(=O)CCl.CO. The number of rotatable bonds is 2. The standard InChI is InChI=1S/C5H9ClO2.CH4O/c1-4(2)8-5(7)3-6;1-2/h4H,3H2,1-2H3;2H,1H3. The summed E-state index contributed by atoms with van der Waals surface area (Å²) in [7, 11) is 1.00. The number of carbonyl (C=O) groups is 1. The normalized spacial score (nSPS) is 8.20. The van der Waals surface area contributed by atoms with E-state index < -0.39 is 0 Å². The smallest absolute Gasteiger partial charge is 0.321 e. The Bertz CT molecular complexity index is 83.1. The number of hydrogen-bond acceptors (Lipinski definition) is 3. The van der Waals surface area contributed by atoms with E-state index in [-0.39, 0.29) is 18.0 Å². The van der Waals surface area contributed by atoms with E-state index in [0.29, 0.717) is 0 Å². The molecular weight excluding hydrogens is 156 g/mol. The summed E-state index contributed by atoms with van der Waals surface area (Å²) in [5.41, 5.74) is 0. The maximum atomic E-state index is 10.3. The fraction of sp³-hybridized carbons (Fsp3) is 0.833. The number of carbonyl (C=O) groups excluding carboxylic acids is 1. The molecule has 0 aliphatic carbocycles. The van der Waals surface area contributed by atoms with Gasteiger partial charge in [0.05, 0.1) is 6.10 Å². The van der Waals surface area contributed by atoms with Crippen molar-refractivity contribution in [2.45, 2.75) is 20.0 Å². The molecule has 62 valence electrons. The van der Waals surface area contributed by atoms with Gasteiger partial charge in [0.15, 0.2) is 0 Å². The molecule has 0 bridgehead atoms. The van der Waals surface area contributed by atoms with E-state index >= 15 is 0 Å². The molecular formula is C6H13ClO3. The zero-order valence-electron chi connectivity index (χ0n) is 6.43. The van der Waals surface area contributed by atoms with Gasteiger partial charge in [0.25, 0.3) is 0 Å². The summed E-state index contributed by atoms with van der Waals surface area (Å²) in [6, 6.07) is 0. The molecule has 0 aromatic heterocycles. The number of aliphatic hydroxyl groups excluding tert-OH is 1. The van der Waals surface area contributed by atoms with Crippen LogP contribution in [0.1, 0.15) is 13.8 Å². The van der Waals surface area contributed by atoms with Gasteiger partial charge in [0, 0.05) is 7.11 Å². The number of hydrogen-bond donors (Lipinski definition) is 1. The van der Waals surface area contributed by atoms with Crippen molar-refractivity contribution in [1.82, 2.24) is 0 Å². The van der Waals surface area contributed by atoms with Gasteiger partial charge in [-0.15, -0.1) is 11.6 Å². The van der Waals surface area contributed by atoms with Crippen LogP contribution in [0.4, 0.5) is 0 Å². The van der Waals surface area contributed by atoms with Gasteiger partial charge in [-0.05, 0) is 13.8 Å². The van der Waals surface area contributed by atoms with Crippen LogP contribution in [0.3, 0.4) is 0 Å². The van der Waals surface area contributed by atoms with Crippen LogP contribution in [0.5, 0.6) is 0 Å². The molecule has 0 saturated heterocycles. The fourth-order valence-corrected chi connectivity index (χ4v) is 0.357. The maximum Gasteiger partial charge on any atom is 0.321 e. The third-order valence-corrected chi connectivity index (χ3v) is 0.694. The summed E-state index contributed by atoms with van der Waals surface area (Å²) >= 11 is 5.12. The van der Waals surface area contributed by atoms with Crippen LogP contribution in [0.2, 0.25) is 0 Å². The van der Waals surface area contributed by atoms with Gasteiger partial charge >= 0.3 is 5.97 Å². The number of esters is 1. The topological polar surface area (TPSA) is 46.5 Å². The third-order valence-electron chi connectivity index (χ3n) is 0.476. The monoisotopic (exact) mass is 168 g/mol. The minimum Gasteiger partial charge on any atom is -0.462 e. The van der Waals surface area contributed by atoms with Gasteiger partial charge < -0.3 is 9.84 Å². The second-order valence-electron chi connectivity index (χ2n) is 1.67. The largest absolute Gasteiger partial charge is 0.462 e. The Balaban J connectivity index is 0. The highest BCUT2D eigenvalue weighted by atomic mass is 35.5. The quantitative estimate of drug-likeness (QED) is 0.490. The fourth-order valence-electron chi connectivity index (χ4n) is 0.294. The van der Waals surface area contributed by atoms with Crippen molar-refractivity contribution in [2.75, 3.05) is 13.0 Å². The molecule has 0 aliphatic heterocycles. The van der Waals surface area contributed by atoms with E-state index in [4.69, 9.17) is 16.7 Å². The van der Waals surface area contributed by atoms with Crippen LogP contribution in [0.25, 0.3) is 0 Å². The molecule has 0 aromatic carbocycles. The summed E-state index contributed by atoms with van der Waals surface area (Å²) in [5.74, 6) is -0.417. The Morgan fingerprint density at radius 3 is 2.10 bits per heavy atom. The van der Waals surface area contributed by atoms with Crippen molar-refractivity contribution in [3.8, 4) is 0 Å². The van der Waals surface area contributed by atoms with Gasteiger partial charge in [-0.25, -0.2) is 0 Å². The van der Waals surface area contributed by atoms with E-state index in [1.807, 2.05) is 0 Å². The average molecular weight is 169 g/mol. The second kappa shape index (κ2) is 8.72. The van der Waals surface area contributed by atoms with Crippen LogP contribution in [-0.2, 0) is 9.53 Å². The molecule has 0 aromatic rings. The van der Waals surface area contributed by atoms with Gasteiger partial charge in [-0.1, -0.05) is 0 Å². The molecule has 0 aliphatic rings. The zero-order chi connectivity index (χ0) is 8.57. The molecule has 0 saturated carbocycles. The Kier molecular flexibility index (Phi) is 10.8. The first-order valence-corrected chi connectivity index (χ1v) is 3.40. The lowest BCUT2D eigenvalue weighted by Crippen LogP contribution is -2.11. The Labute approximate surface area is 65.9 Å². The molecule has 0 atom stereocenters. The van der Waals surface area contributed by atoms with Crippen molar-refractivity contribution in [3.63, 3.8) is 0 Å². The summed E-state index contributed by atoms with van der Waals surface area (Å²) in [6.45, 7) is 3.56. The molecule has 0 rings (SSSR count). The third kappa shape index (κ3) is 10.7. The molecule has 3 nitrogen and oxygen atoms in total. The van der Waals surface area contributed by atoms with E-state index in [2.05, 4.69) is 4.74 Å². The Morgan fingerprint density at radius 1 is 1.60 bits per heavy atom. The maximum absolute atomic E-state index is 10.3. The number of aliphatic hydroxyl groups is 1. The number of halogens is 1. The summed E-state index contributed by atoms with van der Waals surface area (Å²) in [6.07, 6.45) is -0.0544. The van der Waals surface area contributed by atoms with E-state index in [1.165, 1.54) is 0 Å². The van der Waals surface area contributed by atoms with Gasteiger partial charge in [0.2, 0.25) is 0 Å². The van der Waals surface area contributed by atoms with Crippen molar-refractivity contribution >= 4 is 17.6 Å². The van der Waals surface area contributed by atoms with Crippen molar-refractivity contribution < 1.29 is 14.6 Å². The van der Waals surface area contributed by atoms with Crippen LogP contribution in [-0.4, -0.2) is 30.2 Å². The number of ether oxygens (including phenoxy) is 1. The predicted octanol–water partition coefficient (Wildman–Crippen LogP) is 0.785. The summed E-state index contributed by atoms with van der Waals surface area (Å²) < 4.78 is 4.63. The van der Waals surface area contributed by atoms with E-state index in [1.54, 1.807) is 13.8 Å². The molecule has 0 radical (unpaired) electrons. The van der Waals surface area contributed by atoms with Crippen molar-refractivity contribution in [3.05, 3.63) is 0 Å². The highest BCUT2D eigenvalue weighted by Crippen LogP contribution is 1.89. The Morgan fingerprint density at radius 2 is 2.00 bits per heavy atom. The van der Waals surface area contributed by atoms with Gasteiger partial charge in [-0.3, -0.25) is 4.79 Å². The van der Waals surface area contributed by atoms with Crippen molar-refractivity contribution in [1.29, 1.82) is 0 Å². The zero-order valence-corrected chi connectivity index (χ0v) is 7.18. The Hall–Kier alpha value is -0.280. The summed E-state index contributed by atoms with van der Waals surface area (Å²) in [4.78, 5) is 10.3. The molecule has 10 heavy (non-hydrogen) atoms. The molecule has 0 fully saturated rings. The first kappa shape index (κ1) is 12.4. The number of alkyl halides is 1. The molecule has 1 N–H and O–H groups in total. The lowest BCUT2D eigenvalue weighted by Gasteiger charge is -2.03. The highest BCUT2D eigenvalue weighted by molar-refractivity contribution is 6.26. The van der Waals surface area contributed by atoms with Crippen LogP contribution in [0.15, 0.2) is 0 Å². The van der Waals surface area contributed by atoms with Crippen LogP contribution < -0.4 is 0 Å². The highest BCUT2D eigenvalue weighted by Gasteiger charge is 2.00. The van der Waals surface area contributed by atoms with E-state index in [0.717, 1.165) is 7.11 Å². The minimum atomic E-state index is -0.360. The van der Waals surface area contributed by atoms with Crippen LogP contribution in [0, 0.1) is 0 Å². The molecule has 0 heterocycles. The second-order valence-corrected chi connectivity index (χ2v) is 1.94. The molecule has 0 spiro atoms. The first-order valence-electron chi connectivity index (χ1n) is 2.87. The minimum absolute atomic E-state index is 0.0544. The molecule has 4 heteroatoms. The molecule has 0 amide bonds. The predicted molar refractivity (Wildman–Crippen MR) is 40.1 cm³/mol. The van der Waals surface area contributed by atoms with Crippen LogP contribution >= 0.6 is 11.6 Å². The van der Waals surface area contributed by atoms with Crippen molar-refractivity contribution in [2.24, 2.45) is 0 Å². The lowest BCUT2D eigenvalue weighted by molar-refractivity contribution is -0.144.